The minimum atomic E-state index is 0.661. The molecule has 0 bridgehead atoms. The maximum absolute atomic E-state index is 5.38. The Balaban J connectivity index is 1.52. The molecule has 0 atom stereocenters. The van der Waals surface area contributed by atoms with Crippen LogP contribution in [0, 0.1) is 5.92 Å². The van der Waals surface area contributed by atoms with E-state index in [0.717, 1.165) is 39.7 Å². The summed E-state index contributed by atoms with van der Waals surface area (Å²) in [7, 11) is 1.66. The fourth-order valence-electron chi connectivity index (χ4n) is 2.57. The predicted molar refractivity (Wildman–Crippen MR) is 88.6 cm³/mol. The molecule has 1 fully saturated rings. The second kappa shape index (κ2) is 6.20. The highest BCUT2D eigenvalue weighted by atomic mass is 32.2. The molecule has 0 unspecified atom stereocenters. The summed E-state index contributed by atoms with van der Waals surface area (Å²) in [6.45, 7) is 0. The summed E-state index contributed by atoms with van der Waals surface area (Å²) in [5, 5.41) is 5.14. The van der Waals surface area contributed by atoms with Gasteiger partial charge in [0, 0.05) is 22.9 Å². The van der Waals surface area contributed by atoms with E-state index in [1.165, 1.54) is 12.8 Å². The van der Waals surface area contributed by atoms with Gasteiger partial charge < -0.3 is 9.26 Å². The lowest BCUT2D eigenvalue weighted by Crippen LogP contribution is -1.90. The molecular weight excluding hydrogens is 310 g/mol. The van der Waals surface area contributed by atoms with E-state index in [4.69, 9.17) is 9.26 Å². The third-order valence-corrected chi connectivity index (χ3v) is 5.00. The average Bonchev–Trinajstić information content (AvgIpc) is 3.29. The lowest BCUT2D eigenvalue weighted by Gasteiger charge is -2.07. The molecule has 2 aromatic heterocycles. The zero-order valence-corrected chi connectivity index (χ0v) is 13.7. The van der Waals surface area contributed by atoms with Gasteiger partial charge in [-0.2, -0.15) is 4.98 Å². The van der Waals surface area contributed by atoms with E-state index in [0.29, 0.717) is 11.6 Å². The smallest absolute Gasteiger partial charge is 0.237 e. The molecule has 0 radical (unpaired) electrons. The maximum Gasteiger partial charge on any atom is 0.237 e. The molecule has 1 aliphatic carbocycles. The predicted octanol–water partition coefficient (Wildman–Crippen LogP) is 3.87. The molecule has 0 N–H and O–H groups in total. The molecule has 118 valence electrons. The Bertz CT molecular complexity index is 830. The van der Waals surface area contributed by atoms with Gasteiger partial charge in [0.15, 0.2) is 5.82 Å². The molecule has 0 spiro atoms. The van der Waals surface area contributed by atoms with E-state index >= 15 is 0 Å². The number of ether oxygens (including phenoxy) is 1. The molecule has 1 saturated carbocycles. The Morgan fingerprint density at radius 2 is 2.22 bits per heavy atom. The summed E-state index contributed by atoms with van der Waals surface area (Å²) in [5.41, 5.74) is 0.875. The summed E-state index contributed by atoms with van der Waals surface area (Å²) >= 11 is 1.68. The van der Waals surface area contributed by atoms with E-state index in [1.807, 2.05) is 18.2 Å². The summed E-state index contributed by atoms with van der Waals surface area (Å²) < 4.78 is 10.7. The van der Waals surface area contributed by atoms with Crippen LogP contribution in [0.25, 0.3) is 10.9 Å². The van der Waals surface area contributed by atoms with E-state index in [2.05, 4.69) is 21.2 Å². The monoisotopic (exact) mass is 327 g/mol. The van der Waals surface area contributed by atoms with Gasteiger partial charge in [-0.1, -0.05) is 17.3 Å². The molecular formula is C17H17N3O2S. The van der Waals surface area contributed by atoms with Crippen molar-refractivity contribution in [3.63, 3.8) is 0 Å². The number of fused-ring (bicyclic) bond motifs is 1. The van der Waals surface area contributed by atoms with Gasteiger partial charge in [0.1, 0.15) is 11.3 Å². The highest BCUT2D eigenvalue weighted by Crippen LogP contribution is 2.34. The molecule has 0 amide bonds. The van der Waals surface area contributed by atoms with Gasteiger partial charge in [-0.25, -0.2) is 0 Å². The van der Waals surface area contributed by atoms with E-state index in [1.54, 1.807) is 25.1 Å². The highest BCUT2D eigenvalue weighted by molar-refractivity contribution is 7.98. The van der Waals surface area contributed by atoms with E-state index in [-0.39, 0.29) is 0 Å². The van der Waals surface area contributed by atoms with Crippen LogP contribution in [0.15, 0.2) is 39.9 Å². The summed E-state index contributed by atoms with van der Waals surface area (Å²) in [6.07, 6.45) is 5.34. The standard InChI is InChI=1S/C17H17N3O2S/c1-21-13-4-2-3-12-14(7-8-18-17(12)13)23-10-16-19-15(20-22-16)9-11-5-6-11/h2-4,7-8,11H,5-6,9-10H2,1H3. The molecule has 3 aromatic rings. The summed E-state index contributed by atoms with van der Waals surface area (Å²) in [6, 6.07) is 7.97. The van der Waals surface area contributed by atoms with Gasteiger partial charge >= 0.3 is 0 Å². The number of benzene rings is 1. The van der Waals surface area contributed by atoms with Gasteiger partial charge in [-0.05, 0) is 30.9 Å². The number of rotatable bonds is 6. The van der Waals surface area contributed by atoms with Gasteiger partial charge in [0.25, 0.3) is 0 Å². The van der Waals surface area contributed by atoms with Crippen LogP contribution in [0.4, 0.5) is 0 Å². The lowest BCUT2D eigenvalue weighted by molar-refractivity contribution is 0.384. The van der Waals surface area contributed by atoms with Gasteiger partial charge in [0.2, 0.25) is 5.89 Å². The number of hydrogen-bond donors (Lipinski definition) is 0. The van der Waals surface area contributed by atoms with Crippen LogP contribution < -0.4 is 4.74 Å². The minimum absolute atomic E-state index is 0.661. The number of aromatic nitrogens is 3. The fourth-order valence-corrected chi connectivity index (χ4v) is 3.44. The van der Waals surface area contributed by atoms with E-state index in [9.17, 15) is 0 Å². The van der Waals surface area contributed by atoms with Gasteiger partial charge in [-0.3, -0.25) is 4.98 Å². The average molecular weight is 327 g/mol. The number of thioether (sulfide) groups is 1. The number of methoxy groups -OCH3 is 1. The normalized spacial score (nSPS) is 14.3. The molecule has 6 heteroatoms. The molecule has 2 heterocycles. The first-order chi connectivity index (χ1) is 11.3. The SMILES string of the molecule is COc1cccc2c(SCc3nc(CC4CC4)no3)ccnc12. The Kier molecular flexibility index (Phi) is 3.91. The van der Waals surface area contributed by atoms with Crippen molar-refractivity contribution in [1.29, 1.82) is 0 Å². The zero-order chi connectivity index (χ0) is 15.6. The molecule has 4 rings (SSSR count). The summed E-state index contributed by atoms with van der Waals surface area (Å²) in [4.78, 5) is 10.0. The van der Waals surface area contributed by atoms with Crippen molar-refractivity contribution in [2.75, 3.05) is 7.11 Å². The number of hydrogen-bond acceptors (Lipinski definition) is 6. The van der Waals surface area contributed by atoms with Crippen LogP contribution in [0.1, 0.15) is 24.6 Å². The van der Waals surface area contributed by atoms with Crippen LogP contribution in [-0.2, 0) is 12.2 Å². The minimum Gasteiger partial charge on any atom is -0.494 e. The molecule has 0 aliphatic heterocycles. The van der Waals surface area contributed by atoms with Crippen LogP contribution in [0.2, 0.25) is 0 Å². The third-order valence-electron chi connectivity index (χ3n) is 3.94. The van der Waals surface area contributed by atoms with Crippen molar-refractivity contribution < 1.29 is 9.26 Å². The third kappa shape index (κ3) is 3.17. The van der Waals surface area contributed by atoms with Crippen LogP contribution in [0.5, 0.6) is 5.75 Å². The lowest BCUT2D eigenvalue weighted by atomic mass is 10.2. The molecule has 1 aliphatic rings. The second-order valence-corrected chi connectivity index (χ2v) is 6.72. The van der Waals surface area contributed by atoms with E-state index < -0.39 is 0 Å². The number of para-hydroxylation sites is 1. The Morgan fingerprint density at radius 1 is 1.30 bits per heavy atom. The first-order valence-electron chi connectivity index (χ1n) is 7.69. The van der Waals surface area contributed by atoms with Crippen molar-refractivity contribution in [3.05, 3.63) is 42.2 Å². The largest absolute Gasteiger partial charge is 0.494 e. The molecule has 1 aromatic carbocycles. The molecule has 5 nitrogen and oxygen atoms in total. The Morgan fingerprint density at radius 3 is 3.04 bits per heavy atom. The topological polar surface area (TPSA) is 61.0 Å². The number of nitrogens with zero attached hydrogens (tertiary/aromatic N) is 3. The summed E-state index contributed by atoms with van der Waals surface area (Å²) in [5.74, 6) is 3.73. The quantitative estimate of drug-likeness (QED) is 0.641. The van der Waals surface area contributed by atoms with Crippen molar-refractivity contribution in [2.24, 2.45) is 5.92 Å². The van der Waals surface area contributed by atoms with Gasteiger partial charge in [-0.15, -0.1) is 11.8 Å². The first kappa shape index (κ1) is 14.5. The van der Waals surface area contributed by atoms with Crippen LogP contribution in [0.3, 0.4) is 0 Å². The second-order valence-electron chi connectivity index (χ2n) is 5.71. The van der Waals surface area contributed by atoms with Crippen LogP contribution in [-0.4, -0.2) is 22.2 Å². The number of pyridine rings is 1. The fraction of sp³-hybridized carbons (Fsp3) is 0.353. The van der Waals surface area contributed by atoms with Crippen LogP contribution >= 0.6 is 11.8 Å². The van der Waals surface area contributed by atoms with Crippen molar-refractivity contribution in [1.82, 2.24) is 15.1 Å². The zero-order valence-electron chi connectivity index (χ0n) is 12.9. The Labute approximate surface area is 138 Å². The van der Waals surface area contributed by atoms with Gasteiger partial charge in [0.05, 0.1) is 12.9 Å². The first-order valence-corrected chi connectivity index (χ1v) is 8.68. The van der Waals surface area contributed by atoms with Crippen molar-refractivity contribution in [3.8, 4) is 5.75 Å². The molecule has 0 saturated heterocycles. The maximum atomic E-state index is 5.38. The molecule has 23 heavy (non-hydrogen) atoms. The van der Waals surface area contributed by atoms with Crippen molar-refractivity contribution in [2.45, 2.75) is 29.9 Å². The Hall–Kier alpha value is -2.08. The highest BCUT2D eigenvalue weighted by Gasteiger charge is 2.24. The van der Waals surface area contributed by atoms with Crippen molar-refractivity contribution >= 4 is 22.7 Å².